The molecule has 2 N–H and O–H groups in total. The number of hydrogen-bond donors (Lipinski definition) is 2. The number of benzene rings is 2. The molecule has 2 aromatic rings. The third-order valence-electron chi connectivity index (χ3n) is 6.80. The van der Waals surface area contributed by atoms with Gasteiger partial charge in [-0.05, 0) is 49.1 Å². The molecule has 0 aromatic heterocycles. The Morgan fingerprint density at radius 1 is 1.11 bits per heavy atom. The highest BCUT2D eigenvalue weighted by Crippen LogP contribution is 2.38. The van der Waals surface area contributed by atoms with Gasteiger partial charge in [0.25, 0.3) is 5.91 Å². The van der Waals surface area contributed by atoms with Crippen LogP contribution in [-0.2, 0) is 14.3 Å². The van der Waals surface area contributed by atoms with Gasteiger partial charge >= 0.3 is 6.03 Å². The fourth-order valence-electron chi connectivity index (χ4n) is 5.04. The van der Waals surface area contributed by atoms with Crippen molar-refractivity contribution in [2.24, 2.45) is 5.92 Å². The Hall–Kier alpha value is -3.85. The predicted molar refractivity (Wildman–Crippen MR) is 143 cm³/mol. The average Bonchev–Trinajstić information content (AvgIpc) is 3.23. The Kier molecular flexibility index (Phi) is 8.68. The lowest BCUT2D eigenvalue weighted by atomic mass is 9.95. The van der Waals surface area contributed by atoms with Crippen molar-refractivity contribution in [1.82, 2.24) is 20.4 Å². The molecule has 4 amide bonds. The first-order chi connectivity index (χ1) is 18.3. The first kappa shape index (κ1) is 27.2. The van der Waals surface area contributed by atoms with Crippen LogP contribution in [-0.4, -0.2) is 67.0 Å². The second-order valence-electron chi connectivity index (χ2n) is 9.73. The lowest BCUT2D eigenvalue weighted by molar-refractivity contribution is -0.138. The lowest BCUT2D eigenvalue weighted by Crippen LogP contribution is -2.51. The quantitative estimate of drug-likeness (QED) is 0.439. The van der Waals surface area contributed by atoms with Crippen molar-refractivity contribution in [1.29, 1.82) is 0 Å². The molecule has 202 valence electrons. The number of amides is 4. The summed E-state index contributed by atoms with van der Waals surface area (Å²) in [6, 6.07) is 15.2. The van der Waals surface area contributed by atoms with Gasteiger partial charge in [-0.1, -0.05) is 44.2 Å². The number of likely N-dealkylation sites (N-methyl/N-ethyl adjacent to an activating group) is 1. The summed E-state index contributed by atoms with van der Waals surface area (Å²) >= 11 is 0. The Bertz CT molecular complexity index is 1200. The van der Waals surface area contributed by atoms with E-state index in [0.29, 0.717) is 48.9 Å². The maximum atomic E-state index is 14.0. The number of para-hydroxylation sites is 1. The van der Waals surface area contributed by atoms with Gasteiger partial charge in [-0.3, -0.25) is 14.5 Å². The molecule has 9 nitrogen and oxygen atoms in total. The average molecular weight is 521 g/mol. The van der Waals surface area contributed by atoms with Gasteiger partial charge in [0.2, 0.25) is 5.91 Å². The van der Waals surface area contributed by atoms with Crippen LogP contribution in [0.3, 0.4) is 0 Å². The van der Waals surface area contributed by atoms with Crippen LogP contribution in [0.1, 0.15) is 38.8 Å². The number of nitrogens with zero attached hydrogens (tertiary/aromatic N) is 2. The van der Waals surface area contributed by atoms with Crippen LogP contribution in [0.5, 0.6) is 11.5 Å². The number of carbonyl (C=O) groups is 3. The number of methoxy groups -OCH3 is 1. The van der Waals surface area contributed by atoms with E-state index in [0.717, 1.165) is 5.56 Å². The van der Waals surface area contributed by atoms with E-state index >= 15 is 0 Å². The Morgan fingerprint density at radius 3 is 2.53 bits per heavy atom. The fourth-order valence-corrected chi connectivity index (χ4v) is 5.04. The molecule has 4 rings (SSSR count). The zero-order valence-electron chi connectivity index (χ0n) is 22.4. The Morgan fingerprint density at radius 2 is 1.84 bits per heavy atom. The van der Waals surface area contributed by atoms with Gasteiger partial charge in [-0.15, -0.1) is 0 Å². The highest BCUT2D eigenvalue weighted by molar-refractivity contribution is 6.03. The van der Waals surface area contributed by atoms with E-state index in [1.54, 1.807) is 16.9 Å². The third kappa shape index (κ3) is 5.67. The van der Waals surface area contributed by atoms with Crippen molar-refractivity contribution in [2.45, 2.75) is 39.3 Å². The maximum absolute atomic E-state index is 14.0. The minimum atomic E-state index is -0.669. The van der Waals surface area contributed by atoms with Crippen molar-refractivity contribution in [3.8, 4) is 11.5 Å². The van der Waals surface area contributed by atoms with Crippen molar-refractivity contribution in [3.63, 3.8) is 0 Å². The smallest absolute Gasteiger partial charge is 0.322 e. The first-order valence-electron chi connectivity index (χ1n) is 13.1. The molecule has 0 saturated carbocycles. The standard InChI is InChI=1S/C29H36N4O5/c1-5-32-23-18-33(26(19(2)3)27(34)30-15-10-16-37-4)28(35)24(23)25(31-29(32)36)20-11-9-14-22(17-20)38-21-12-7-6-8-13-21/h6-9,11-14,17,19,25-26H,5,10,15-16,18H2,1-4H3,(H,30,34)(H,31,36)/t25-,26-/m1/s1. The van der Waals surface area contributed by atoms with E-state index in [9.17, 15) is 14.4 Å². The third-order valence-corrected chi connectivity index (χ3v) is 6.80. The molecule has 2 aromatic carbocycles. The summed E-state index contributed by atoms with van der Waals surface area (Å²) in [4.78, 5) is 43.4. The van der Waals surface area contributed by atoms with Crippen LogP contribution < -0.4 is 15.4 Å². The van der Waals surface area contributed by atoms with Crippen LogP contribution in [0.25, 0.3) is 0 Å². The number of rotatable bonds is 11. The van der Waals surface area contributed by atoms with E-state index in [1.807, 2.05) is 75.4 Å². The van der Waals surface area contributed by atoms with E-state index < -0.39 is 12.1 Å². The van der Waals surface area contributed by atoms with Crippen molar-refractivity contribution in [3.05, 3.63) is 71.4 Å². The van der Waals surface area contributed by atoms with Gasteiger partial charge in [0.15, 0.2) is 0 Å². The largest absolute Gasteiger partial charge is 0.457 e. The summed E-state index contributed by atoms with van der Waals surface area (Å²) in [5.74, 6) is 0.710. The van der Waals surface area contributed by atoms with E-state index in [4.69, 9.17) is 9.47 Å². The molecule has 2 aliphatic heterocycles. The fraction of sp³-hybridized carbons (Fsp3) is 0.414. The maximum Gasteiger partial charge on any atom is 0.322 e. The van der Waals surface area contributed by atoms with Gasteiger partial charge in [-0.2, -0.15) is 0 Å². The summed E-state index contributed by atoms with van der Waals surface area (Å²) in [6.45, 7) is 7.32. The van der Waals surface area contributed by atoms with E-state index in [-0.39, 0.29) is 30.3 Å². The summed E-state index contributed by atoms with van der Waals surface area (Å²) < 4.78 is 11.1. The monoisotopic (exact) mass is 520 g/mol. The minimum absolute atomic E-state index is 0.123. The summed E-state index contributed by atoms with van der Waals surface area (Å²) in [5, 5.41) is 5.95. The molecule has 38 heavy (non-hydrogen) atoms. The molecule has 0 saturated heterocycles. The molecule has 2 atom stereocenters. The number of urea groups is 1. The van der Waals surface area contributed by atoms with Crippen LogP contribution in [0.4, 0.5) is 4.79 Å². The van der Waals surface area contributed by atoms with Crippen molar-refractivity contribution in [2.75, 3.05) is 33.4 Å². The molecule has 0 unspecified atom stereocenters. The highest BCUT2D eigenvalue weighted by Gasteiger charge is 2.47. The molecule has 2 heterocycles. The molecular weight excluding hydrogens is 484 g/mol. The molecular formula is C29H36N4O5. The number of hydrogen-bond acceptors (Lipinski definition) is 5. The van der Waals surface area contributed by atoms with Crippen LogP contribution in [0, 0.1) is 5.92 Å². The summed E-state index contributed by atoms with van der Waals surface area (Å²) in [7, 11) is 1.62. The molecule has 0 spiro atoms. The Balaban J connectivity index is 1.63. The highest BCUT2D eigenvalue weighted by atomic mass is 16.5. The SMILES string of the molecule is CCN1C(=O)N[C@H](c2cccc(Oc3ccccc3)c2)C2=C1CN([C@@H](C(=O)NCCCOC)C(C)C)C2=O. The topological polar surface area (TPSA) is 100 Å². The second-order valence-corrected chi connectivity index (χ2v) is 9.73. The molecule has 2 aliphatic rings. The van der Waals surface area contributed by atoms with Crippen LogP contribution in [0.15, 0.2) is 65.9 Å². The van der Waals surface area contributed by atoms with E-state index in [2.05, 4.69) is 10.6 Å². The number of nitrogens with one attached hydrogen (secondary N) is 2. The molecule has 0 fully saturated rings. The van der Waals surface area contributed by atoms with Gasteiger partial charge in [-0.25, -0.2) is 4.79 Å². The second kappa shape index (κ2) is 12.1. The van der Waals surface area contributed by atoms with Crippen molar-refractivity contribution < 1.29 is 23.9 Å². The van der Waals surface area contributed by atoms with Gasteiger partial charge in [0, 0.05) is 26.8 Å². The zero-order valence-corrected chi connectivity index (χ0v) is 22.4. The molecule has 0 aliphatic carbocycles. The molecule has 0 radical (unpaired) electrons. The molecule has 9 heteroatoms. The number of ether oxygens (including phenoxy) is 2. The summed E-state index contributed by atoms with van der Waals surface area (Å²) in [5.41, 5.74) is 1.86. The lowest BCUT2D eigenvalue weighted by Gasteiger charge is -2.33. The van der Waals surface area contributed by atoms with Crippen molar-refractivity contribution >= 4 is 17.8 Å². The normalized spacial score (nSPS) is 18.0. The predicted octanol–water partition coefficient (Wildman–Crippen LogP) is 3.84. The Labute approximate surface area is 223 Å². The van der Waals surface area contributed by atoms with Gasteiger partial charge in [0.1, 0.15) is 17.5 Å². The van der Waals surface area contributed by atoms with Crippen LogP contribution in [0.2, 0.25) is 0 Å². The summed E-state index contributed by atoms with van der Waals surface area (Å²) in [6.07, 6.45) is 0.682. The first-order valence-corrected chi connectivity index (χ1v) is 13.1. The van der Waals surface area contributed by atoms with E-state index in [1.165, 1.54) is 0 Å². The minimum Gasteiger partial charge on any atom is -0.457 e. The number of carbonyl (C=O) groups excluding carboxylic acids is 3. The van der Waals surface area contributed by atoms with Gasteiger partial charge in [0.05, 0.1) is 23.9 Å². The molecule has 0 bridgehead atoms. The zero-order chi connectivity index (χ0) is 27.2. The van der Waals surface area contributed by atoms with Crippen LogP contribution >= 0.6 is 0 Å². The van der Waals surface area contributed by atoms with Gasteiger partial charge < -0.3 is 25.0 Å².